The fourth-order valence-electron chi connectivity index (χ4n) is 2.52. The number of hydrogen-bond acceptors (Lipinski definition) is 4. The molecule has 0 saturated carbocycles. The first-order valence-corrected chi connectivity index (χ1v) is 7.68. The van der Waals surface area contributed by atoms with E-state index in [1.165, 1.54) is 0 Å². The minimum atomic E-state index is -0.0826. The zero-order valence-electron chi connectivity index (χ0n) is 13.5. The van der Waals surface area contributed by atoms with E-state index in [9.17, 15) is 4.79 Å². The first-order chi connectivity index (χ1) is 11.8. The Hall–Kier alpha value is -2.79. The summed E-state index contributed by atoms with van der Waals surface area (Å²) in [6.07, 6.45) is 3.20. The van der Waals surface area contributed by atoms with E-state index in [1.54, 1.807) is 30.6 Å². The van der Waals surface area contributed by atoms with Gasteiger partial charge in [-0.05, 0) is 42.0 Å². The molecule has 5 heteroatoms. The van der Waals surface area contributed by atoms with Crippen LogP contribution < -0.4 is 0 Å². The molecule has 3 aromatic rings. The fraction of sp³-hybridized carbons (Fsp3) is 0.211. The van der Waals surface area contributed by atoms with Crippen LogP contribution in [0.4, 0.5) is 0 Å². The molecule has 0 spiro atoms. The summed E-state index contributed by atoms with van der Waals surface area (Å²) in [5.74, 6) is 1.37. The van der Waals surface area contributed by atoms with Crippen LogP contribution in [0.3, 0.4) is 0 Å². The van der Waals surface area contributed by atoms with Crippen LogP contribution in [0.15, 0.2) is 69.9 Å². The molecule has 2 heterocycles. The Kier molecular flexibility index (Phi) is 5.13. The molecule has 5 nitrogen and oxygen atoms in total. The zero-order valence-corrected chi connectivity index (χ0v) is 13.5. The van der Waals surface area contributed by atoms with Gasteiger partial charge in [0.25, 0.3) is 5.91 Å². The number of nitrogens with zero attached hydrogens (tertiary/aromatic N) is 1. The van der Waals surface area contributed by atoms with E-state index in [1.807, 2.05) is 42.5 Å². The summed E-state index contributed by atoms with van der Waals surface area (Å²) < 4.78 is 15.9. The van der Waals surface area contributed by atoms with Gasteiger partial charge in [-0.25, -0.2) is 0 Å². The average molecular weight is 325 g/mol. The number of hydrogen-bond donors (Lipinski definition) is 0. The van der Waals surface area contributed by atoms with Crippen molar-refractivity contribution in [3.63, 3.8) is 0 Å². The van der Waals surface area contributed by atoms with Gasteiger partial charge >= 0.3 is 0 Å². The molecule has 0 N–H and O–H groups in total. The molecular formula is C19H19NO4. The molecule has 0 atom stereocenters. The first-order valence-electron chi connectivity index (χ1n) is 7.68. The molecule has 24 heavy (non-hydrogen) atoms. The molecule has 0 unspecified atom stereocenters. The molecule has 1 amide bonds. The van der Waals surface area contributed by atoms with Crippen molar-refractivity contribution in [2.75, 3.05) is 7.11 Å². The van der Waals surface area contributed by atoms with Crippen LogP contribution >= 0.6 is 0 Å². The van der Waals surface area contributed by atoms with Crippen LogP contribution in [0.25, 0.3) is 0 Å². The largest absolute Gasteiger partial charge is 0.467 e. The maximum absolute atomic E-state index is 13.0. The highest BCUT2D eigenvalue weighted by molar-refractivity contribution is 5.94. The number of rotatable bonds is 7. The van der Waals surface area contributed by atoms with E-state index in [4.69, 9.17) is 13.6 Å². The Morgan fingerprint density at radius 3 is 2.21 bits per heavy atom. The lowest BCUT2D eigenvalue weighted by molar-refractivity contribution is 0.0704. The second-order valence-electron chi connectivity index (χ2n) is 5.45. The fourth-order valence-corrected chi connectivity index (χ4v) is 2.52. The van der Waals surface area contributed by atoms with Crippen LogP contribution in [-0.2, 0) is 24.4 Å². The summed E-state index contributed by atoms with van der Waals surface area (Å²) in [5.41, 5.74) is 1.57. The Labute approximate surface area is 140 Å². The third-order valence-corrected chi connectivity index (χ3v) is 3.63. The second kappa shape index (κ2) is 7.66. The summed E-state index contributed by atoms with van der Waals surface area (Å²) >= 11 is 0. The van der Waals surface area contributed by atoms with Crippen molar-refractivity contribution < 1.29 is 18.4 Å². The number of ether oxygens (including phenoxy) is 1. The third kappa shape index (κ3) is 3.94. The third-order valence-electron chi connectivity index (χ3n) is 3.63. The van der Waals surface area contributed by atoms with Gasteiger partial charge < -0.3 is 18.5 Å². The molecule has 3 rings (SSSR count). The van der Waals surface area contributed by atoms with Crippen LogP contribution in [-0.4, -0.2) is 17.9 Å². The SMILES string of the molecule is COCc1cccc(C(=O)N(Cc2ccco2)Cc2ccco2)c1. The molecule has 0 radical (unpaired) electrons. The van der Waals surface area contributed by atoms with Gasteiger partial charge in [-0.15, -0.1) is 0 Å². The van der Waals surface area contributed by atoms with E-state index in [2.05, 4.69) is 0 Å². The summed E-state index contributed by atoms with van der Waals surface area (Å²) in [6, 6.07) is 14.8. The number of carbonyl (C=O) groups excluding carboxylic acids is 1. The van der Waals surface area contributed by atoms with E-state index in [0.29, 0.717) is 25.3 Å². The Balaban J connectivity index is 1.83. The van der Waals surface area contributed by atoms with Gasteiger partial charge in [0.1, 0.15) is 11.5 Å². The highest BCUT2D eigenvalue weighted by Crippen LogP contribution is 2.16. The van der Waals surface area contributed by atoms with Crippen LogP contribution in [0, 0.1) is 0 Å². The van der Waals surface area contributed by atoms with Gasteiger partial charge in [-0.1, -0.05) is 12.1 Å². The van der Waals surface area contributed by atoms with Crippen molar-refractivity contribution in [2.24, 2.45) is 0 Å². The second-order valence-corrected chi connectivity index (χ2v) is 5.45. The molecule has 124 valence electrons. The molecule has 0 bridgehead atoms. The topological polar surface area (TPSA) is 55.8 Å². The summed E-state index contributed by atoms with van der Waals surface area (Å²) in [6.45, 7) is 1.22. The number of benzene rings is 1. The lowest BCUT2D eigenvalue weighted by Gasteiger charge is -2.21. The minimum absolute atomic E-state index is 0.0826. The number of carbonyl (C=O) groups is 1. The van der Waals surface area contributed by atoms with E-state index >= 15 is 0 Å². The lowest BCUT2D eigenvalue weighted by Crippen LogP contribution is -2.30. The van der Waals surface area contributed by atoms with Crippen molar-refractivity contribution in [2.45, 2.75) is 19.7 Å². The molecule has 0 fully saturated rings. The van der Waals surface area contributed by atoms with Crippen molar-refractivity contribution in [1.29, 1.82) is 0 Å². The Morgan fingerprint density at radius 2 is 1.67 bits per heavy atom. The lowest BCUT2D eigenvalue weighted by atomic mass is 10.1. The van der Waals surface area contributed by atoms with Gasteiger partial charge in [0, 0.05) is 12.7 Å². The summed E-state index contributed by atoms with van der Waals surface area (Å²) in [4.78, 5) is 14.7. The quantitative estimate of drug-likeness (QED) is 0.662. The highest BCUT2D eigenvalue weighted by Gasteiger charge is 2.19. The molecule has 0 aliphatic carbocycles. The van der Waals surface area contributed by atoms with E-state index in [0.717, 1.165) is 17.1 Å². The smallest absolute Gasteiger partial charge is 0.254 e. The van der Waals surface area contributed by atoms with Crippen molar-refractivity contribution in [3.05, 3.63) is 83.7 Å². The standard InChI is InChI=1S/C19H19NO4/c1-22-14-15-5-2-6-16(11-15)19(21)20(12-17-7-3-9-23-17)13-18-8-4-10-24-18/h2-11H,12-14H2,1H3. The normalized spacial score (nSPS) is 10.7. The van der Waals surface area contributed by atoms with Crippen molar-refractivity contribution in [3.8, 4) is 0 Å². The molecule has 0 saturated heterocycles. The number of amides is 1. The van der Waals surface area contributed by atoms with Gasteiger partial charge in [0.05, 0.1) is 32.2 Å². The van der Waals surface area contributed by atoms with E-state index < -0.39 is 0 Å². The maximum atomic E-state index is 13.0. The predicted octanol–water partition coefficient (Wildman–Crippen LogP) is 3.86. The van der Waals surface area contributed by atoms with Crippen molar-refractivity contribution in [1.82, 2.24) is 4.90 Å². The van der Waals surface area contributed by atoms with Gasteiger partial charge in [-0.2, -0.15) is 0 Å². The molecular weight excluding hydrogens is 306 g/mol. The minimum Gasteiger partial charge on any atom is -0.467 e. The van der Waals surface area contributed by atoms with Crippen LogP contribution in [0.1, 0.15) is 27.4 Å². The molecule has 0 aliphatic rings. The maximum Gasteiger partial charge on any atom is 0.254 e. The number of methoxy groups -OCH3 is 1. The highest BCUT2D eigenvalue weighted by atomic mass is 16.5. The zero-order chi connectivity index (χ0) is 16.8. The Bertz CT molecular complexity index is 726. The predicted molar refractivity (Wildman–Crippen MR) is 88.1 cm³/mol. The molecule has 0 aliphatic heterocycles. The molecule has 1 aromatic carbocycles. The summed E-state index contributed by atoms with van der Waals surface area (Å²) in [7, 11) is 1.63. The molecule has 2 aromatic heterocycles. The first kappa shape index (κ1) is 16.1. The van der Waals surface area contributed by atoms with Crippen LogP contribution in [0.5, 0.6) is 0 Å². The van der Waals surface area contributed by atoms with E-state index in [-0.39, 0.29) is 5.91 Å². The average Bonchev–Trinajstić information content (AvgIpc) is 3.28. The van der Waals surface area contributed by atoms with Gasteiger partial charge in [0.15, 0.2) is 0 Å². The monoisotopic (exact) mass is 325 g/mol. The van der Waals surface area contributed by atoms with Crippen LogP contribution in [0.2, 0.25) is 0 Å². The van der Waals surface area contributed by atoms with Gasteiger partial charge in [-0.3, -0.25) is 4.79 Å². The van der Waals surface area contributed by atoms with Crippen molar-refractivity contribution >= 4 is 5.91 Å². The Morgan fingerprint density at radius 1 is 1.00 bits per heavy atom. The summed E-state index contributed by atoms with van der Waals surface area (Å²) in [5, 5.41) is 0. The van der Waals surface area contributed by atoms with Gasteiger partial charge in [0.2, 0.25) is 0 Å². The number of furan rings is 2.